The van der Waals surface area contributed by atoms with Crippen molar-refractivity contribution in [1.82, 2.24) is 4.57 Å². The Bertz CT molecular complexity index is 1180. The summed E-state index contributed by atoms with van der Waals surface area (Å²) in [6.07, 6.45) is 0. The Morgan fingerprint density at radius 3 is 2.32 bits per heavy atom. The van der Waals surface area contributed by atoms with Crippen LogP contribution in [0.4, 0.5) is 0 Å². The van der Waals surface area contributed by atoms with E-state index >= 15 is 0 Å². The molecule has 0 aliphatic heterocycles. The van der Waals surface area contributed by atoms with Gasteiger partial charge < -0.3 is 4.57 Å². The highest BCUT2D eigenvalue weighted by Gasteiger charge is 2.15. The topological polar surface area (TPSA) is 4.93 Å². The van der Waals surface area contributed by atoms with E-state index in [-0.39, 0.29) is 0 Å². The van der Waals surface area contributed by atoms with Crippen LogP contribution in [-0.2, 0) is 7.05 Å². The average molecular weight is 339 g/mol. The lowest BCUT2D eigenvalue weighted by Gasteiger charge is -2.09. The summed E-state index contributed by atoms with van der Waals surface area (Å²) in [4.78, 5) is 1.31. The minimum atomic E-state index is 1.27. The highest BCUT2D eigenvalue weighted by molar-refractivity contribution is 7.13. The number of hydrogen-bond donors (Lipinski definition) is 0. The lowest BCUT2D eigenvalue weighted by Crippen LogP contribution is -1.88. The van der Waals surface area contributed by atoms with Crippen LogP contribution in [0.25, 0.3) is 43.4 Å². The molecule has 0 unspecified atom stereocenters. The molecular formula is C23H17NS. The van der Waals surface area contributed by atoms with Crippen LogP contribution >= 0.6 is 11.3 Å². The first kappa shape index (κ1) is 14.5. The van der Waals surface area contributed by atoms with Gasteiger partial charge in [0.2, 0.25) is 0 Å². The summed E-state index contributed by atoms with van der Waals surface area (Å²) in [5.74, 6) is 0. The molecule has 0 spiro atoms. The van der Waals surface area contributed by atoms with E-state index in [1.54, 1.807) is 11.3 Å². The Kier molecular flexibility index (Phi) is 3.25. The summed E-state index contributed by atoms with van der Waals surface area (Å²) in [6.45, 7) is 0. The number of hydrogen-bond acceptors (Lipinski definition) is 1. The smallest absolute Gasteiger partial charge is 0.0501 e. The number of nitrogens with zero attached hydrogens (tertiary/aromatic N) is 1. The van der Waals surface area contributed by atoms with Crippen LogP contribution in [-0.4, -0.2) is 4.57 Å². The summed E-state index contributed by atoms with van der Waals surface area (Å²) in [7, 11) is 2.16. The van der Waals surface area contributed by atoms with Gasteiger partial charge in [-0.3, -0.25) is 0 Å². The largest absolute Gasteiger partial charge is 0.344 e. The quantitative estimate of drug-likeness (QED) is 0.336. The van der Waals surface area contributed by atoms with Crippen LogP contribution in [0.1, 0.15) is 0 Å². The molecule has 0 saturated carbocycles. The summed E-state index contributed by atoms with van der Waals surface area (Å²) in [5, 5.41) is 4.80. The third-order valence-electron chi connectivity index (χ3n) is 4.90. The number of thiophene rings is 1. The molecule has 0 amide bonds. The maximum atomic E-state index is 2.34. The van der Waals surface area contributed by atoms with Gasteiger partial charge in [0.15, 0.2) is 0 Å². The lowest BCUT2D eigenvalue weighted by atomic mass is 9.96. The van der Waals surface area contributed by atoms with E-state index in [1.807, 2.05) is 0 Å². The van der Waals surface area contributed by atoms with Gasteiger partial charge in [0.1, 0.15) is 0 Å². The van der Waals surface area contributed by atoms with Crippen molar-refractivity contribution in [3.63, 3.8) is 0 Å². The Morgan fingerprint density at radius 2 is 1.52 bits per heavy atom. The van der Waals surface area contributed by atoms with E-state index < -0.39 is 0 Å². The van der Waals surface area contributed by atoms with Crippen molar-refractivity contribution in [3.8, 4) is 21.6 Å². The van der Waals surface area contributed by atoms with Crippen molar-refractivity contribution in [2.75, 3.05) is 0 Å². The molecular weight excluding hydrogens is 322 g/mol. The van der Waals surface area contributed by atoms with Crippen molar-refractivity contribution in [2.45, 2.75) is 0 Å². The summed E-state index contributed by atoms with van der Waals surface area (Å²) >= 11 is 1.79. The minimum absolute atomic E-state index is 1.27. The van der Waals surface area contributed by atoms with Gasteiger partial charge in [-0.15, -0.1) is 11.3 Å². The van der Waals surface area contributed by atoms with Crippen molar-refractivity contribution >= 4 is 33.1 Å². The number of fused-ring (bicyclic) bond motifs is 3. The fourth-order valence-electron chi connectivity index (χ4n) is 3.71. The van der Waals surface area contributed by atoms with E-state index in [0.29, 0.717) is 0 Å². The number of para-hydroxylation sites is 1. The van der Waals surface area contributed by atoms with E-state index in [2.05, 4.69) is 95.9 Å². The second-order valence-electron chi connectivity index (χ2n) is 6.34. The highest BCUT2D eigenvalue weighted by Crippen LogP contribution is 2.40. The first-order valence-electron chi connectivity index (χ1n) is 8.43. The zero-order valence-electron chi connectivity index (χ0n) is 13.9. The van der Waals surface area contributed by atoms with Gasteiger partial charge in [0.25, 0.3) is 0 Å². The SMILES string of the molecule is Cn1c2ccccc2c2c(-c3ccccc3)cc(-c3cccs3)cc21. The fourth-order valence-corrected chi connectivity index (χ4v) is 4.43. The predicted molar refractivity (Wildman–Crippen MR) is 109 cm³/mol. The molecule has 2 aromatic heterocycles. The van der Waals surface area contributed by atoms with Crippen molar-refractivity contribution in [1.29, 1.82) is 0 Å². The molecule has 5 rings (SSSR count). The molecule has 25 heavy (non-hydrogen) atoms. The van der Waals surface area contributed by atoms with Crippen LogP contribution in [0.3, 0.4) is 0 Å². The number of aromatic nitrogens is 1. The van der Waals surface area contributed by atoms with Gasteiger partial charge in [0, 0.05) is 28.2 Å². The molecule has 0 atom stereocenters. The molecule has 0 radical (unpaired) electrons. The van der Waals surface area contributed by atoms with Gasteiger partial charge in [-0.1, -0.05) is 54.6 Å². The van der Waals surface area contributed by atoms with Crippen LogP contribution in [0.2, 0.25) is 0 Å². The maximum Gasteiger partial charge on any atom is 0.0501 e. The second-order valence-corrected chi connectivity index (χ2v) is 7.29. The Balaban J connectivity index is 1.96. The Hall–Kier alpha value is -2.84. The molecule has 0 aliphatic carbocycles. The molecule has 2 heterocycles. The molecule has 120 valence electrons. The predicted octanol–water partition coefficient (Wildman–Crippen LogP) is 6.73. The second kappa shape index (κ2) is 5.61. The summed E-state index contributed by atoms with van der Waals surface area (Å²) in [5.41, 5.74) is 6.41. The van der Waals surface area contributed by atoms with Crippen molar-refractivity contribution in [2.24, 2.45) is 7.05 Å². The highest BCUT2D eigenvalue weighted by atomic mass is 32.1. The molecule has 3 aromatic carbocycles. The van der Waals surface area contributed by atoms with E-state index in [1.165, 1.54) is 43.4 Å². The fraction of sp³-hybridized carbons (Fsp3) is 0.0435. The van der Waals surface area contributed by atoms with E-state index in [0.717, 1.165) is 0 Å². The average Bonchev–Trinajstić information content (AvgIpc) is 3.30. The van der Waals surface area contributed by atoms with Gasteiger partial charge >= 0.3 is 0 Å². The molecule has 0 saturated heterocycles. The maximum absolute atomic E-state index is 2.34. The Morgan fingerprint density at radius 1 is 0.720 bits per heavy atom. The zero-order valence-corrected chi connectivity index (χ0v) is 14.8. The minimum Gasteiger partial charge on any atom is -0.344 e. The van der Waals surface area contributed by atoms with E-state index in [4.69, 9.17) is 0 Å². The van der Waals surface area contributed by atoms with Crippen LogP contribution < -0.4 is 0 Å². The lowest BCUT2D eigenvalue weighted by molar-refractivity contribution is 1.01. The molecule has 1 nitrogen and oxygen atoms in total. The first-order valence-corrected chi connectivity index (χ1v) is 9.31. The number of benzene rings is 3. The van der Waals surface area contributed by atoms with Crippen molar-refractivity contribution < 1.29 is 0 Å². The third kappa shape index (κ3) is 2.22. The normalized spacial score (nSPS) is 11.4. The van der Waals surface area contributed by atoms with Crippen molar-refractivity contribution in [3.05, 3.63) is 84.2 Å². The third-order valence-corrected chi connectivity index (χ3v) is 5.82. The molecule has 5 aromatic rings. The number of aryl methyl sites for hydroxylation is 1. The number of rotatable bonds is 2. The van der Waals surface area contributed by atoms with Crippen LogP contribution in [0.15, 0.2) is 84.2 Å². The molecule has 0 fully saturated rings. The molecule has 0 N–H and O–H groups in total. The molecule has 0 aliphatic rings. The van der Waals surface area contributed by atoms with Crippen LogP contribution in [0, 0.1) is 0 Å². The molecule has 2 heteroatoms. The monoisotopic (exact) mass is 339 g/mol. The van der Waals surface area contributed by atoms with E-state index in [9.17, 15) is 0 Å². The standard InChI is InChI=1S/C23H17NS/c1-24-20-11-6-5-10-18(20)23-19(16-8-3-2-4-9-16)14-17(15-21(23)24)22-12-7-13-25-22/h2-15H,1H3. The Labute approximate surface area is 150 Å². The zero-order chi connectivity index (χ0) is 16.8. The summed E-state index contributed by atoms with van der Waals surface area (Å²) in [6, 6.07) is 28.4. The van der Waals surface area contributed by atoms with Gasteiger partial charge in [-0.2, -0.15) is 0 Å². The van der Waals surface area contributed by atoms with Gasteiger partial charge in [0.05, 0.1) is 5.52 Å². The van der Waals surface area contributed by atoms with Gasteiger partial charge in [-0.25, -0.2) is 0 Å². The van der Waals surface area contributed by atoms with Crippen LogP contribution in [0.5, 0.6) is 0 Å². The molecule has 0 bridgehead atoms. The van der Waals surface area contributed by atoms with Gasteiger partial charge in [-0.05, 0) is 46.3 Å². The first-order chi connectivity index (χ1) is 12.3. The summed E-state index contributed by atoms with van der Waals surface area (Å²) < 4.78 is 2.31.